The summed E-state index contributed by atoms with van der Waals surface area (Å²) in [5.74, 6) is 0. The fourth-order valence-electron chi connectivity index (χ4n) is 1.15. The van der Waals surface area contributed by atoms with Crippen LogP contribution in [-0.4, -0.2) is 38.8 Å². The molecule has 1 aromatic carbocycles. The van der Waals surface area contributed by atoms with Crippen LogP contribution in [0, 0.1) is 0 Å². The van der Waals surface area contributed by atoms with Crippen LogP contribution in [0.2, 0.25) is 0 Å². The summed E-state index contributed by atoms with van der Waals surface area (Å²) in [6.07, 6.45) is 2.20. The van der Waals surface area contributed by atoms with Crippen LogP contribution in [0.5, 0.6) is 0 Å². The van der Waals surface area contributed by atoms with Crippen molar-refractivity contribution in [2.24, 2.45) is 9.50 Å². The zero-order valence-corrected chi connectivity index (χ0v) is 10.8. The van der Waals surface area contributed by atoms with E-state index in [4.69, 9.17) is 0 Å². The molecule has 1 rings (SSSR count). The van der Waals surface area contributed by atoms with Crippen LogP contribution in [0.1, 0.15) is 12.5 Å². The van der Waals surface area contributed by atoms with Crippen molar-refractivity contribution in [1.82, 2.24) is 5.01 Å². The van der Waals surface area contributed by atoms with E-state index in [-0.39, 0.29) is 0 Å². The predicted molar refractivity (Wildman–Crippen MR) is 69.8 cm³/mol. The molecular weight excluding hydrogens is 238 g/mol. The molecule has 0 unspecified atom stereocenters. The van der Waals surface area contributed by atoms with E-state index < -0.39 is 10.0 Å². The first-order valence-electron chi connectivity index (χ1n) is 4.97. The van der Waals surface area contributed by atoms with Gasteiger partial charge in [-0.05, 0) is 12.5 Å². The molecule has 0 heterocycles. The summed E-state index contributed by atoms with van der Waals surface area (Å²) in [6.45, 7) is 1.85. The SMILES string of the molecule is C/C(=N/N(C)C=NS(C)(=O)=O)c1ccccc1. The molecule has 0 N–H and O–H groups in total. The van der Waals surface area contributed by atoms with E-state index in [0.29, 0.717) is 0 Å². The molecule has 0 aliphatic heterocycles. The summed E-state index contributed by atoms with van der Waals surface area (Å²) >= 11 is 0. The van der Waals surface area contributed by atoms with Crippen molar-refractivity contribution in [1.29, 1.82) is 0 Å². The molecule has 0 aromatic heterocycles. The van der Waals surface area contributed by atoms with Crippen LogP contribution in [0.25, 0.3) is 0 Å². The summed E-state index contributed by atoms with van der Waals surface area (Å²) < 4.78 is 25.0. The molecule has 17 heavy (non-hydrogen) atoms. The second-order valence-electron chi connectivity index (χ2n) is 3.58. The monoisotopic (exact) mass is 253 g/mol. The second-order valence-corrected chi connectivity index (χ2v) is 5.26. The summed E-state index contributed by atoms with van der Waals surface area (Å²) in [5, 5.41) is 5.55. The molecule has 0 fully saturated rings. The fraction of sp³-hybridized carbons (Fsp3) is 0.273. The van der Waals surface area contributed by atoms with Gasteiger partial charge in [-0.2, -0.15) is 9.50 Å². The van der Waals surface area contributed by atoms with Gasteiger partial charge in [0.2, 0.25) is 0 Å². The highest BCUT2D eigenvalue weighted by Gasteiger charge is 1.98. The molecule has 0 bridgehead atoms. The lowest BCUT2D eigenvalue weighted by Crippen LogP contribution is -2.12. The molecule has 1 aromatic rings. The van der Waals surface area contributed by atoms with Crippen molar-refractivity contribution in [2.75, 3.05) is 13.3 Å². The van der Waals surface area contributed by atoms with E-state index in [0.717, 1.165) is 17.5 Å². The van der Waals surface area contributed by atoms with Crippen molar-refractivity contribution in [3.05, 3.63) is 35.9 Å². The summed E-state index contributed by atoms with van der Waals surface area (Å²) in [4.78, 5) is 0. The molecule has 5 nitrogen and oxygen atoms in total. The quantitative estimate of drug-likeness (QED) is 0.462. The number of nitrogens with zero attached hydrogens (tertiary/aromatic N) is 3. The van der Waals surface area contributed by atoms with E-state index in [1.807, 2.05) is 37.3 Å². The van der Waals surface area contributed by atoms with Crippen molar-refractivity contribution in [3.8, 4) is 0 Å². The number of hydrogen-bond donors (Lipinski definition) is 0. The van der Waals surface area contributed by atoms with E-state index >= 15 is 0 Å². The maximum atomic E-state index is 10.8. The van der Waals surface area contributed by atoms with Crippen LogP contribution < -0.4 is 0 Å². The minimum absolute atomic E-state index is 0.785. The van der Waals surface area contributed by atoms with Gasteiger partial charge < -0.3 is 0 Å². The van der Waals surface area contributed by atoms with Crippen LogP contribution in [0.15, 0.2) is 39.8 Å². The van der Waals surface area contributed by atoms with Gasteiger partial charge in [0.25, 0.3) is 10.0 Å². The van der Waals surface area contributed by atoms with Gasteiger partial charge in [-0.3, -0.25) is 5.01 Å². The fourth-order valence-corrected chi connectivity index (χ4v) is 1.46. The van der Waals surface area contributed by atoms with E-state index in [1.54, 1.807) is 7.05 Å². The zero-order valence-electron chi connectivity index (χ0n) is 10.0. The average Bonchev–Trinajstić information content (AvgIpc) is 2.27. The van der Waals surface area contributed by atoms with Gasteiger partial charge in [-0.25, -0.2) is 8.42 Å². The molecule has 0 amide bonds. The minimum Gasteiger partial charge on any atom is -0.256 e. The lowest BCUT2D eigenvalue weighted by Gasteiger charge is -2.07. The molecule has 0 aliphatic rings. The molecule has 0 saturated heterocycles. The van der Waals surface area contributed by atoms with E-state index in [9.17, 15) is 8.42 Å². The summed E-state index contributed by atoms with van der Waals surface area (Å²) in [6, 6.07) is 9.62. The van der Waals surface area contributed by atoms with Crippen molar-refractivity contribution >= 4 is 22.1 Å². The largest absolute Gasteiger partial charge is 0.256 e. The third-order valence-corrected chi connectivity index (χ3v) is 2.38. The Morgan fingerprint density at radius 3 is 2.41 bits per heavy atom. The number of hydrazone groups is 1. The third kappa shape index (κ3) is 5.26. The Bertz CT molecular complexity index is 521. The van der Waals surface area contributed by atoms with Gasteiger partial charge in [0.05, 0.1) is 12.0 Å². The standard InChI is InChI=1S/C11H15N3O2S/c1-10(11-7-5-4-6-8-11)13-14(2)9-12-17(3,15)16/h4-9H,1-3H3/b12-9?,13-10-. The topological polar surface area (TPSA) is 62.1 Å². The predicted octanol–water partition coefficient (Wildman–Crippen LogP) is 1.33. The zero-order chi connectivity index (χ0) is 12.9. The number of sulfonamides is 1. The van der Waals surface area contributed by atoms with Crippen molar-refractivity contribution < 1.29 is 8.42 Å². The number of rotatable bonds is 4. The molecule has 92 valence electrons. The Labute approximate surface area is 102 Å². The van der Waals surface area contributed by atoms with Crippen LogP contribution >= 0.6 is 0 Å². The normalized spacial score (nSPS) is 13.0. The minimum atomic E-state index is -3.36. The van der Waals surface area contributed by atoms with Gasteiger partial charge in [-0.1, -0.05) is 30.3 Å². The summed E-state index contributed by atoms with van der Waals surface area (Å²) in [5.41, 5.74) is 1.76. The Morgan fingerprint density at radius 2 is 1.88 bits per heavy atom. The van der Waals surface area contributed by atoms with Gasteiger partial charge in [0.1, 0.15) is 6.34 Å². The molecule has 0 aliphatic carbocycles. The maximum Gasteiger partial charge on any atom is 0.251 e. The lowest BCUT2D eigenvalue weighted by molar-refractivity contribution is 0.559. The van der Waals surface area contributed by atoms with Crippen molar-refractivity contribution in [2.45, 2.75) is 6.92 Å². The van der Waals surface area contributed by atoms with Gasteiger partial charge in [-0.15, -0.1) is 0 Å². The first kappa shape index (κ1) is 13.4. The Balaban J connectivity index is 2.80. The van der Waals surface area contributed by atoms with Crippen molar-refractivity contribution in [3.63, 3.8) is 0 Å². The lowest BCUT2D eigenvalue weighted by atomic mass is 10.1. The molecule has 0 saturated carbocycles. The highest BCUT2D eigenvalue weighted by molar-refractivity contribution is 7.89. The highest BCUT2D eigenvalue weighted by Crippen LogP contribution is 2.01. The molecule has 0 radical (unpaired) electrons. The first-order chi connectivity index (χ1) is 7.88. The summed E-state index contributed by atoms with van der Waals surface area (Å²) in [7, 11) is -1.73. The number of hydrogen-bond acceptors (Lipinski definition) is 3. The maximum absolute atomic E-state index is 10.8. The van der Waals surface area contributed by atoms with E-state index in [1.165, 1.54) is 11.3 Å². The van der Waals surface area contributed by atoms with Gasteiger partial charge in [0.15, 0.2) is 0 Å². The Hall–Kier alpha value is -1.69. The first-order valence-corrected chi connectivity index (χ1v) is 6.82. The van der Waals surface area contributed by atoms with Crippen LogP contribution in [-0.2, 0) is 10.0 Å². The van der Waals surface area contributed by atoms with Crippen LogP contribution in [0.4, 0.5) is 0 Å². The molecular formula is C11H15N3O2S. The van der Waals surface area contributed by atoms with Gasteiger partial charge >= 0.3 is 0 Å². The van der Waals surface area contributed by atoms with Gasteiger partial charge in [0, 0.05) is 7.05 Å². The molecule has 6 heteroatoms. The Morgan fingerprint density at radius 1 is 1.29 bits per heavy atom. The average molecular weight is 253 g/mol. The highest BCUT2D eigenvalue weighted by atomic mass is 32.2. The number of benzene rings is 1. The smallest absolute Gasteiger partial charge is 0.251 e. The Kier molecular flexibility index (Phi) is 4.39. The second kappa shape index (κ2) is 5.58. The molecule has 0 spiro atoms. The third-order valence-electron chi connectivity index (χ3n) is 1.91. The van der Waals surface area contributed by atoms with Crippen LogP contribution in [0.3, 0.4) is 0 Å². The van der Waals surface area contributed by atoms with E-state index in [2.05, 4.69) is 9.50 Å². The molecule has 0 atom stereocenters.